The topological polar surface area (TPSA) is 124 Å². The first-order valence-electron chi connectivity index (χ1n) is 9.44. The zero-order valence-corrected chi connectivity index (χ0v) is 17.0. The number of anilines is 1. The largest absolute Gasteiger partial charge is 0.507 e. The molecule has 160 valence electrons. The molecule has 31 heavy (non-hydrogen) atoms. The van der Waals surface area contributed by atoms with E-state index in [1.807, 2.05) is 0 Å². The standard InChI is InChI=1S/C24H23NO6/c1-3-6-20(26)22(15(2)18-7-4-5-8-19(18)24(30)31)23(29)25-17-12-9-16(10-13-17)11-14-21(27)28/h3-10,12-13,26H,2,11,14H2,1H3,(H,25,29)(H,27,28)(H,30,31)/b6-3-,22-20-. The Bertz CT molecular complexity index is 1060. The van der Waals surface area contributed by atoms with Crippen LogP contribution in [0.25, 0.3) is 5.57 Å². The Balaban J connectivity index is 2.34. The highest BCUT2D eigenvalue weighted by Crippen LogP contribution is 2.28. The van der Waals surface area contributed by atoms with Gasteiger partial charge in [0.25, 0.3) is 5.91 Å². The van der Waals surface area contributed by atoms with Crippen LogP contribution < -0.4 is 5.32 Å². The van der Waals surface area contributed by atoms with Crippen LogP contribution in [-0.4, -0.2) is 33.2 Å². The van der Waals surface area contributed by atoms with Crippen molar-refractivity contribution in [2.45, 2.75) is 19.8 Å². The van der Waals surface area contributed by atoms with E-state index in [9.17, 15) is 24.6 Å². The molecule has 0 atom stereocenters. The number of carboxylic acid groups (broad SMARTS) is 2. The molecule has 0 aliphatic heterocycles. The molecule has 7 heteroatoms. The Labute approximate surface area is 179 Å². The number of rotatable bonds is 9. The van der Waals surface area contributed by atoms with Gasteiger partial charge >= 0.3 is 11.9 Å². The van der Waals surface area contributed by atoms with Gasteiger partial charge in [0.2, 0.25) is 0 Å². The third kappa shape index (κ3) is 6.17. The van der Waals surface area contributed by atoms with Crippen LogP contribution in [0.15, 0.2) is 78.6 Å². The number of aliphatic carboxylic acids is 1. The summed E-state index contributed by atoms with van der Waals surface area (Å²) in [6.07, 6.45) is 3.22. The summed E-state index contributed by atoms with van der Waals surface area (Å²) in [5.74, 6) is -3.10. The number of carbonyl (C=O) groups excluding carboxylic acids is 1. The minimum absolute atomic E-state index is 0.00136. The van der Waals surface area contributed by atoms with Crippen molar-refractivity contribution in [3.05, 3.63) is 95.3 Å². The fourth-order valence-corrected chi connectivity index (χ4v) is 2.92. The molecule has 0 aliphatic carbocycles. The molecule has 0 fully saturated rings. The number of carbonyl (C=O) groups is 3. The number of amides is 1. The molecule has 2 rings (SSSR count). The van der Waals surface area contributed by atoms with Crippen LogP contribution >= 0.6 is 0 Å². The van der Waals surface area contributed by atoms with Gasteiger partial charge < -0.3 is 20.6 Å². The number of hydrogen-bond acceptors (Lipinski definition) is 4. The lowest BCUT2D eigenvalue weighted by Crippen LogP contribution is -2.18. The van der Waals surface area contributed by atoms with Crippen LogP contribution in [0.3, 0.4) is 0 Å². The van der Waals surface area contributed by atoms with Crippen molar-refractivity contribution in [3.63, 3.8) is 0 Å². The van der Waals surface area contributed by atoms with Gasteiger partial charge in [0.1, 0.15) is 5.76 Å². The van der Waals surface area contributed by atoms with Gasteiger partial charge in [0.05, 0.1) is 11.1 Å². The quantitative estimate of drug-likeness (QED) is 0.270. The van der Waals surface area contributed by atoms with E-state index in [2.05, 4.69) is 11.9 Å². The molecule has 2 aromatic carbocycles. The predicted molar refractivity (Wildman–Crippen MR) is 118 cm³/mol. The lowest BCUT2D eigenvalue weighted by atomic mass is 9.93. The van der Waals surface area contributed by atoms with Gasteiger partial charge in [-0.25, -0.2) is 4.79 Å². The number of benzene rings is 2. The smallest absolute Gasteiger partial charge is 0.336 e. The van der Waals surface area contributed by atoms with Crippen molar-refractivity contribution in [2.24, 2.45) is 0 Å². The van der Waals surface area contributed by atoms with E-state index in [-0.39, 0.29) is 34.5 Å². The maximum absolute atomic E-state index is 13.0. The van der Waals surface area contributed by atoms with Crippen LogP contribution in [0.1, 0.15) is 34.8 Å². The number of allylic oxidation sites excluding steroid dienone is 2. The molecule has 7 nitrogen and oxygen atoms in total. The number of aliphatic hydroxyl groups excluding tert-OH is 1. The van der Waals surface area contributed by atoms with E-state index in [4.69, 9.17) is 5.11 Å². The minimum Gasteiger partial charge on any atom is -0.507 e. The SMILES string of the molecule is C=C(/C(C(=O)Nc1ccc(CCC(=O)O)cc1)=C(O)\C=C/C)c1ccccc1C(=O)O. The maximum Gasteiger partial charge on any atom is 0.336 e. The highest BCUT2D eigenvalue weighted by atomic mass is 16.4. The summed E-state index contributed by atoms with van der Waals surface area (Å²) in [5, 5.41) is 31.3. The van der Waals surface area contributed by atoms with Crippen molar-refractivity contribution < 1.29 is 29.7 Å². The molecule has 0 aliphatic rings. The van der Waals surface area contributed by atoms with Crippen LogP contribution in [0.2, 0.25) is 0 Å². The highest BCUT2D eigenvalue weighted by molar-refractivity contribution is 6.16. The zero-order valence-electron chi connectivity index (χ0n) is 17.0. The fraction of sp³-hybridized carbons (Fsp3) is 0.125. The predicted octanol–water partition coefficient (Wildman–Crippen LogP) is 4.44. The number of hydrogen-bond donors (Lipinski definition) is 4. The summed E-state index contributed by atoms with van der Waals surface area (Å²) < 4.78 is 0. The van der Waals surface area contributed by atoms with Crippen LogP contribution in [0, 0.1) is 0 Å². The van der Waals surface area contributed by atoms with E-state index in [1.54, 1.807) is 43.3 Å². The molecule has 2 aromatic rings. The Morgan fingerprint density at radius 3 is 2.13 bits per heavy atom. The van der Waals surface area contributed by atoms with Gasteiger partial charge in [-0.3, -0.25) is 9.59 Å². The van der Waals surface area contributed by atoms with Crippen LogP contribution in [0.5, 0.6) is 0 Å². The second-order valence-electron chi connectivity index (χ2n) is 6.63. The summed E-state index contributed by atoms with van der Waals surface area (Å²) in [6.45, 7) is 5.52. The van der Waals surface area contributed by atoms with Crippen molar-refractivity contribution in [3.8, 4) is 0 Å². The van der Waals surface area contributed by atoms with E-state index in [1.165, 1.54) is 24.3 Å². The molecule has 0 radical (unpaired) electrons. The lowest BCUT2D eigenvalue weighted by Gasteiger charge is -2.15. The summed E-state index contributed by atoms with van der Waals surface area (Å²) in [4.78, 5) is 35.2. The molecular formula is C24H23NO6. The first kappa shape index (κ1) is 23.2. The molecule has 0 aromatic heterocycles. The first-order valence-corrected chi connectivity index (χ1v) is 9.44. The minimum atomic E-state index is -1.18. The molecule has 0 saturated carbocycles. The third-order valence-electron chi connectivity index (χ3n) is 4.43. The first-order chi connectivity index (χ1) is 14.7. The monoisotopic (exact) mass is 421 g/mol. The van der Waals surface area contributed by atoms with Crippen molar-refractivity contribution in [2.75, 3.05) is 5.32 Å². The second-order valence-corrected chi connectivity index (χ2v) is 6.63. The fourth-order valence-electron chi connectivity index (χ4n) is 2.92. The summed E-state index contributed by atoms with van der Waals surface area (Å²) >= 11 is 0. The van der Waals surface area contributed by atoms with Gasteiger partial charge in [-0.15, -0.1) is 0 Å². The maximum atomic E-state index is 13.0. The van der Waals surface area contributed by atoms with Gasteiger partial charge in [-0.05, 0) is 54.3 Å². The number of aromatic carboxylic acids is 1. The number of carboxylic acids is 2. The van der Waals surface area contributed by atoms with Gasteiger partial charge in [-0.1, -0.05) is 43.0 Å². The normalized spacial score (nSPS) is 11.6. The Hall–Kier alpha value is -4.13. The summed E-state index contributed by atoms with van der Waals surface area (Å²) in [7, 11) is 0. The average Bonchev–Trinajstić information content (AvgIpc) is 2.73. The molecule has 0 spiro atoms. The Morgan fingerprint density at radius 1 is 0.968 bits per heavy atom. The van der Waals surface area contributed by atoms with Crippen molar-refractivity contribution in [1.82, 2.24) is 0 Å². The van der Waals surface area contributed by atoms with Gasteiger partial charge in [0, 0.05) is 12.1 Å². The molecular weight excluding hydrogens is 398 g/mol. The Kier molecular flexibility index (Phi) is 7.91. The third-order valence-corrected chi connectivity index (χ3v) is 4.43. The number of aliphatic hydroxyl groups is 1. The lowest BCUT2D eigenvalue weighted by molar-refractivity contribution is -0.137. The summed E-state index contributed by atoms with van der Waals surface area (Å²) in [6, 6.07) is 12.7. The van der Waals surface area contributed by atoms with Crippen LogP contribution in [0.4, 0.5) is 5.69 Å². The molecule has 0 bridgehead atoms. The van der Waals surface area contributed by atoms with E-state index in [0.29, 0.717) is 12.1 Å². The zero-order chi connectivity index (χ0) is 23.0. The number of nitrogens with one attached hydrogen (secondary N) is 1. The van der Waals surface area contributed by atoms with Gasteiger partial charge in [0.15, 0.2) is 0 Å². The highest BCUT2D eigenvalue weighted by Gasteiger charge is 2.22. The second kappa shape index (κ2) is 10.6. The van der Waals surface area contributed by atoms with E-state index < -0.39 is 17.8 Å². The number of aryl methyl sites for hydroxylation is 1. The van der Waals surface area contributed by atoms with Crippen LogP contribution in [-0.2, 0) is 16.0 Å². The Morgan fingerprint density at radius 2 is 1.58 bits per heavy atom. The molecule has 0 saturated heterocycles. The average molecular weight is 421 g/mol. The van der Waals surface area contributed by atoms with E-state index in [0.717, 1.165) is 5.56 Å². The van der Waals surface area contributed by atoms with Crippen molar-refractivity contribution in [1.29, 1.82) is 0 Å². The molecule has 0 heterocycles. The summed E-state index contributed by atoms with van der Waals surface area (Å²) in [5.41, 5.74) is 1.28. The molecule has 4 N–H and O–H groups in total. The molecule has 0 unspecified atom stereocenters. The van der Waals surface area contributed by atoms with Crippen molar-refractivity contribution >= 4 is 29.1 Å². The van der Waals surface area contributed by atoms with E-state index >= 15 is 0 Å². The molecule has 1 amide bonds. The van der Waals surface area contributed by atoms with Gasteiger partial charge in [-0.2, -0.15) is 0 Å².